The van der Waals surface area contributed by atoms with Crippen molar-refractivity contribution in [2.75, 3.05) is 26.2 Å². The summed E-state index contributed by atoms with van der Waals surface area (Å²) in [6, 6.07) is 20.2. The van der Waals surface area contributed by atoms with Crippen molar-refractivity contribution in [2.24, 2.45) is 0 Å². The number of nitrogens with one attached hydrogen (secondary N) is 1. The Balaban J connectivity index is 1.37. The third kappa shape index (κ3) is 6.39. The zero-order valence-corrected chi connectivity index (χ0v) is 17.0. The van der Waals surface area contributed by atoms with Gasteiger partial charge in [-0.3, -0.25) is 4.79 Å². The first-order chi connectivity index (χ1) is 14.1. The van der Waals surface area contributed by atoms with Gasteiger partial charge in [-0.05, 0) is 43.4 Å². The van der Waals surface area contributed by atoms with Crippen LogP contribution in [0.25, 0.3) is 0 Å². The van der Waals surface area contributed by atoms with E-state index in [2.05, 4.69) is 17.4 Å². The van der Waals surface area contributed by atoms with Crippen LogP contribution in [0.4, 0.5) is 0 Å². The summed E-state index contributed by atoms with van der Waals surface area (Å²) in [5.74, 6) is 0.0331. The minimum absolute atomic E-state index is 0.0331. The molecule has 2 aromatic rings. The van der Waals surface area contributed by atoms with E-state index in [0.717, 1.165) is 24.9 Å². The van der Waals surface area contributed by atoms with Gasteiger partial charge in [0.1, 0.15) is 11.7 Å². The van der Waals surface area contributed by atoms with Gasteiger partial charge in [0.05, 0.1) is 0 Å². The number of nitrogens with zero attached hydrogens (tertiary/aromatic N) is 1. The lowest BCUT2D eigenvalue weighted by Gasteiger charge is -2.42. The average Bonchev–Trinajstić information content (AvgIpc) is 2.75. The predicted octanol–water partition coefficient (Wildman–Crippen LogP) is 2.17. The van der Waals surface area contributed by atoms with E-state index >= 15 is 0 Å². The molecule has 0 bridgehead atoms. The molecule has 1 aliphatic heterocycles. The highest BCUT2D eigenvalue weighted by atomic mass is 16.3. The summed E-state index contributed by atoms with van der Waals surface area (Å²) < 4.78 is 0. The number of aryl methyl sites for hydroxylation is 2. The normalized spacial score (nSPS) is 21.9. The van der Waals surface area contributed by atoms with Gasteiger partial charge in [-0.2, -0.15) is 0 Å². The molecule has 1 saturated heterocycles. The molecule has 1 amide bonds. The van der Waals surface area contributed by atoms with Crippen LogP contribution in [0.1, 0.15) is 30.4 Å². The van der Waals surface area contributed by atoms with Crippen LogP contribution in [-0.2, 0) is 17.6 Å². The van der Waals surface area contributed by atoms with E-state index in [9.17, 15) is 15.0 Å². The van der Waals surface area contributed by atoms with Crippen LogP contribution in [-0.4, -0.2) is 58.9 Å². The molecule has 2 atom stereocenters. The van der Waals surface area contributed by atoms with Gasteiger partial charge < -0.3 is 20.4 Å². The van der Waals surface area contributed by atoms with E-state index in [0.29, 0.717) is 32.4 Å². The number of piperidine rings is 1. The van der Waals surface area contributed by atoms with Crippen molar-refractivity contribution in [1.29, 1.82) is 0 Å². The second kappa shape index (κ2) is 10.5. The Kier molecular flexibility index (Phi) is 7.81. The first-order valence-corrected chi connectivity index (χ1v) is 10.5. The lowest BCUT2D eigenvalue weighted by molar-refractivity contribution is -0.148. The Hall–Kier alpha value is -2.21. The maximum atomic E-state index is 12.5. The molecule has 0 saturated carbocycles. The van der Waals surface area contributed by atoms with Crippen molar-refractivity contribution in [1.82, 2.24) is 10.2 Å². The number of hydrogen-bond donors (Lipinski definition) is 3. The fraction of sp³-hybridized carbons (Fsp3) is 0.458. The predicted molar refractivity (Wildman–Crippen MR) is 115 cm³/mol. The summed E-state index contributed by atoms with van der Waals surface area (Å²) in [6.45, 7) is 1.79. The summed E-state index contributed by atoms with van der Waals surface area (Å²) >= 11 is 0. The number of carbonyl (C=O) groups excluding carboxylic acids is 1. The molecular weight excluding hydrogens is 364 g/mol. The molecule has 3 rings (SSSR count). The topological polar surface area (TPSA) is 72.8 Å². The van der Waals surface area contributed by atoms with Gasteiger partial charge in [0.25, 0.3) is 0 Å². The molecule has 2 aromatic carbocycles. The molecular formula is C24H32N2O3. The number of amides is 1. The van der Waals surface area contributed by atoms with Crippen molar-refractivity contribution in [3.8, 4) is 0 Å². The molecule has 0 aliphatic carbocycles. The molecule has 5 nitrogen and oxygen atoms in total. The van der Waals surface area contributed by atoms with E-state index in [1.54, 1.807) is 4.90 Å². The first-order valence-electron chi connectivity index (χ1n) is 10.5. The highest BCUT2D eigenvalue weighted by Crippen LogP contribution is 2.23. The van der Waals surface area contributed by atoms with Crippen LogP contribution >= 0.6 is 0 Å². The summed E-state index contributed by atoms with van der Waals surface area (Å²) in [5, 5.41) is 24.6. The van der Waals surface area contributed by atoms with Gasteiger partial charge in [0.2, 0.25) is 5.91 Å². The van der Waals surface area contributed by atoms with Gasteiger partial charge in [-0.15, -0.1) is 0 Å². The number of aliphatic hydroxyl groups excluding tert-OH is 1. The smallest absolute Gasteiger partial charge is 0.222 e. The zero-order chi connectivity index (χ0) is 20.5. The van der Waals surface area contributed by atoms with Crippen LogP contribution in [0.5, 0.6) is 0 Å². The number of aliphatic hydroxyl groups is 2. The van der Waals surface area contributed by atoms with Gasteiger partial charge in [-0.1, -0.05) is 60.7 Å². The van der Waals surface area contributed by atoms with Crippen molar-refractivity contribution >= 4 is 5.91 Å². The Bertz CT molecular complexity index is 753. The van der Waals surface area contributed by atoms with Crippen LogP contribution in [0, 0.1) is 0 Å². The highest BCUT2D eigenvalue weighted by molar-refractivity contribution is 5.76. The molecule has 0 radical (unpaired) electrons. The van der Waals surface area contributed by atoms with Crippen molar-refractivity contribution in [2.45, 2.75) is 43.8 Å². The molecule has 29 heavy (non-hydrogen) atoms. The Morgan fingerprint density at radius 3 is 2.28 bits per heavy atom. The molecule has 5 heteroatoms. The standard InChI is InChI=1S/C24H32N2O3/c27-22-18-26(23(28)14-13-21-10-5-2-6-11-21)17-15-24(22,29)19-25-16-7-12-20-8-3-1-4-9-20/h1-6,8-11,22,25,27,29H,7,12-19H2/t22-,24-/m0/s1. The Labute approximate surface area is 173 Å². The molecule has 1 aliphatic rings. The third-order valence-electron chi connectivity index (χ3n) is 5.74. The number of rotatable bonds is 9. The van der Waals surface area contributed by atoms with Crippen LogP contribution < -0.4 is 5.32 Å². The van der Waals surface area contributed by atoms with E-state index < -0.39 is 11.7 Å². The van der Waals surface area contributed by atoms with E-state index in [1.807, 2.05) is 48.5 Å². The summed E-state index contributed by atoms with van der Waals surface area (Å²) in [5.41, 5.74) is 1.26. The third-order valence-corrected chi connectivity index (χ3v) is 5.74. The number of benzene rings is 2. The van der Waals surface area contributed by atoms with Gasteiger partial charge in [-0.25, -0.2) is 0 Å². The van der Waals surface area contributed by atoms with E-state index in [1.165, 1.54) is 5.56 Å². The number of hydrogen-bond acceptors (Lipinski definition) is 4. The molecule has 0 aromatic heterocycles. The van der Waals surface area contributed by atoms with E-state index in [4.69, 9.17) is 0 Å². The number of β-amino-alcohol motifs (C(OH)–C–C–N with tert-alkyl or cyclic N) is 1. The van der Waals surface area contributed by atoms with Crippen LogP contribution in [0.2, 0.25) is 0 Å². The molecule has 0 unspecified atom stereocenters. The van der Waals surface area contributed by atoms with Crippen molar-refractivity contribution in [3.63, 3.8) is 0 Å². The fourth-order valence-corrected chi connectivity index (χ4v) is 3.82. The Morgan fingerprint density at radius 2 is 1.66 bits per heavy atom. The minimum Gasteiger partial charge on any atom is -0.388 e. The fourth-order valence-electron chi connectivity index (χ4n) is 3.82. The van der Waals surface area contributed by atoms with Gasteiger partial charge in [0, 0.05) is 26.1 Å². The van der Waals surface area contributed by atoms with E-state index in [-0.39, 0.29) is 12.5 Å². The lowest BCUT2D eigenvalue weighted by Crippen LogP contribution is -2.60. The molecule has 156 valence electrons. The number of likely N-dealkylation sites (tertiary alicyclic amines) is 1. The summed E-state index contributed by atoms with van der Waals surface area (Å²) in [7, 11) is 0. The van der Waals surface area contributed by atoms with Crippen LogP contribution in [0.3, 0.4) is 0 Å². The lowest BCUT2D eigenvalue weighted by atomic mass is 9.88. The monoisotopic (exact) mass is 396 g/mol. The number of carbonyl (C=O) groups is 1. The Morgan fingerprint density at radius 1 is 1.03 bits per heavy atom. The molecule has 1 fully saturated rings. The van der Waals surface area contributed by atoms with Crippen molar-refractivity contribution < 1.29 is 15.0 Å². The largest absolute Gasteiger partial charge is 0.388 e. The van der Waals surface area contributed by atoms with Crippen molar-refractivity contribution in [3.05, 3.63) is 71.8 Å². The van der Waals surface area contributed by atoms with Gasteiger partial charge in [0.15, 0.2) is 0 Å². The first kappa shape index (κ1) is 21.5. The average molecular weight is 397 g/mol. The molecule has 1 heterocycles. The summed E-state index contributed by atoms with van der Waals surface area (Å²) in [6.07, 6.45) is 2.53. The van der Waals surface area contributed by atoms with Gasteiger partial charge >= 0.3 is 0 Å². The molecule has 0 spiro atoms. The maximum absolute atomic E-state index is 12.5. The molecule has 3 N–H and O–H groups in total. The SMILES string of the molecule is O=C(CCc1ccccc1)N1CC[C@](O)(CNCCCc2ccccc2)[C@@H](O)C1. The van der Waals surface area contributed by atoms with Crippen LogP contribution in [0.15, 0.2) is 60.7 Å². The maximum Gasteiger partial charge on any atom is 0.222 e. The summed E-state index contributed by atoms with van der Waals surface area (Å²) in [4.78, 5) is 14.2. The zero-order valence-electron chi connectivity index (χ0n) is 17.0. The minimum atomic E-state index is -1.18. The highest BCUT2D eigenvalue weighted by Gasteiger charge is 2.41. The second-order valence-electron chi connectivity index (χ2n) is 7.96. The quantitative estimate of drug-likeness (QED) is 0.568. The second-order valence-corrected chi connectivity index (χ2v) is 7.96.